The summed E-state index contributed by atoms with van der Waals surface area (Å²) < 4.78 is 5.50. The molecule has 2 rings (SSSR count). The first kappa shape index (κ1) is 14.1. The molecule has 5 heteroatoms. The molecular weight excluding hydrogens is 242 g/mol. The van der Waals surface area contributed by atoms with Gasteiger partial charge in [-0.05, 0) is 26.1 Å². The summed E-state index contributed by atoms with van der Waals surface area (Å²) in [5.74, 6) is 1.88. The van der Waals surface area contributed by atoms with Crippen LogP contribution >= 0.6 is 0 Å². The highest BCUT2D eigenvalue weighted by atomic mass is 16.3. The zero-order valence-electron chi connectivity index (χ0n) is 12.0. The van der Waals surface area contributed by atoms with Crippen molar-refractivity contribution in [1.82, 2.24) is 15.1 Å². The fourth-order valence-electron chi connectivity index (χ4n) is 2.34. The van der Waals surface area contributed by atoms with Gasteiger partial charge in [0.15, 0.2) is 0 Å². The first-order chi connectivity index (χ1) is 9.06. The van der Waals surface area contributed by atoms with E-state index in [9.17, 15) is 4.79 Å². The number of carbonyl (C=O) groups is 1. The minimum absolute atomic E-state index is 0.162. The standard InChI is InChI=1S/C14H23N3O2/c1-11-4-5-13(19-11)10-17(3)14(18)8-12-9-15-6-7-16(12)2/h4-5,12,15H,6-10H2,1-3H3. The molecule has 1 aliphatic rings. The van der Waals surface area contributed by atoms with Crippen molar-refractivity contribution in [2.24, 2.45) is 0 Å². The van der Waals surface area contributed by atoms with Crippen LogP contribution in [0.2, 0.25) is 0 Å². The summed E-state index contributed by atoms with van der Waals surface area (Å²) in [7, 11) is 3.91. The molecule has 1 saturated heterocycles. The van der Waals surface area contributed by atoms with Gasteiger partial charge in [0.25, 0.3) is 0 Å². The maximum absolute atomic E-state index is 12.2. The molecule has 1 atom stereocenters. The van der Waals surface area contributed by atoms with Gasteiger partial charge >= 0.3 is 0 Å². The highest BCUT2D eigenvalue weighted by molar-refractivity contribution is 5.76. The fourth-order valence-corrected chi connectivity index (χ4v) is 2.34. The van der Waals surface area contributed by atoms with E-state index in [1.165, 1.54) is 0 Å². The zero-order valence-corrected chi connectivity index (χ0v) is 12.0. The first-order valence-corrected chi connectivity index (χ1v) is 6.76. The Balaban J connectivity index is 1.85. The van der Waals surface area contributed by atoms with Crippen LogP contribution in [0.5, 0.6) is 0 Å². The van der Waals surface area contributed by atoms with Gasteiger partial charge in [-0.1, -0.05) is 0 Å². The summed E-state index contributed by atoms with van der Waals surface area (Å²) in [6.07, 6.45) is 0.555. The predicted molar refractivity (Wildman–Crippen MR) is 73.8 cm³/mol. The Bertz CT molecular complexity index is 430. The maximum Gasteiger partial charge on any atom is 0.224 e. The van der Waals surface area contributed by atoms with Crippen molar-refractivity contribution < 1.29 is 9.21 Å². The van der Waals surface area contributed by atoms with Crippen LogP contribution in [-0.4, -0.2) is 55.5 Å². The molecule has 0 bridgehead atoms. The second kappa shape index (κ2) is 6.21. The highest BCUT2D eigenvalue weighted by Gasteiger charge is 2.23. The van der Waals surface area contributed by atoms with Crippen LogP contribution in [0.4, 0.5) is 0 Å². The summed E-state index contributed by atoms with van der Waals surface area (Å²) in [6, 6.07) is 4.14. The van der Waals surface area contributed by atoms with Gasteiger partial charge in [-0.3, -0.25) is 4.79 Å². The van der Waals surface area contributed by atoms with Crippen LogP contribution in [0.1, 0.15) is 17.9 Å². The summed E-state index contributed by atoms with van der Waals surface area (Å²) >= 11 is 0. The molecule has 0 aromatic carbocycles. The van der Waals surface area contributed by atoms with Crippen molar-refractivity contribution >= 4 is 5.91 Å². The average Bonchev–Trinajstić information content (AvgIpc) is 2.77. The number of aryl methyl sites for hydroxylation is 1. The first-order valence-electron chi connectivity index (χ1n) is 6.76. The zero-order chi connectivity index (χ0) is 13.8. The lowest BCUT2D eigenvalue weighted by atomic mass is 10.1. The lowest BCUT2D eigenvalue weighted by Gasteiger charge is -2.33. The van der Waals surface area contributed by atoms with Crippen LogP contribution in [0.25, 0.3) is 0 Å². The number of nitrogens with zero attached hydrogens (tertiary/aromatic N) is 2. The van der Waals surface area contributed by atoms with Gasteiger partial charge in [-0.15, -0.1) is 0 Å². The van der Waals surface area contributed by atoms with E-state index in [2.05, 4.69) is 17.3 Å². The van der Waals surface area contributed by atoms with Crippen LogP contribution in [0.3, 0.4) is 0 Å². The van der Waals surface area contributed by atoms with Crippen molar-refractivity contribution in [3.63, 3.8) is 0 Å². The van der Waals surface area contributed by atoms with Crippen molar-refractivity contribution in [1.29, 1.82) is 0 Å². The number of carbonyl (C=O) groups excluding carboxylic acids is 1. The van der Waals surface area contributed by atoms with Crippen molar-refractivity contribution in [3.05, 3.63) is 23.7 Å². The lowest BCUT2D eigenvalue weighted by Crippen LogP contribution is -2.51. The van der Waals surface area contributed by atoms with E-state index < -0.39 is 0 Å². The summed E-state index contributed by atoms with van der Waals surface area (Å²) in [4.78, 5) is 16.2. The third-order valence-corrected chi connectivity index (χ3v) is 3.67. The van der Waals surface area contributed by atoms with Gasteiger partial charge in [0.05, 0.1) is 6.54 Å². The highest BCUT2D eigenvalue weighted by Crippen LogP contribution is 2.11. The largest absolute Gasteiger partial charge is 0.464 e. The number of hydrogen-bond donors (Lipinski definition) is 1. The van der Waals surface area contributed by atoms with Crippen LogP contribution in [0, 0.1) is 6.92 Å². The SMILES string of the molecule is Cc1ccc(CN(C)C(=O)CC2CNCCN2C)o1. The van der Waals surface area contributed by atoms with E-state index in [-0.39, 0.29) is 5.91 Å². The Hall–Kier alpha value is -1.33. The molecule has 1 N–H and O–H groups in total. The van der Waals surface area contributed by atoms with Crippen LogP contribution in [-0.2, 0) is 11.3 Å². The van der Waals surface area contributed by atoms with Gasteiger partial charge in [-0.25, -0.2) is 0 Å². The Labute approximate surface area is 114 Å². The summed E-state index contributed by atoms with van der Waals surface area (Å²) in [6.45, 7) is 5.34. The Morgan fingerprint density at radius 1 is 1.58 bits per heavy atom. The monoisotopic (exact) mass is 265 g/mol. The number of piperazine rings is 1. The van der Waals surface area contributed by atoms with E-state index in [0.29, 0.717) is 19.0 Å². The summed E-state index contributed by atoms with van der Waals surface area (Å²) in [5, 5.41) is 3.33. The Morgan fingerprint density at radius 3 is 3.00 bits per heavy atom. The lowest BCUT2D eigenvalue weighted by molar-refractivity contribution is -0.132. The number of furan rings is 1. The molecule has 2 heterocycles. The third-order valence-electron chi connectivity index (χ3n) is 3.67. The van der Waals surface area contributed by atoms with Crippen molar-refractivity contribution in [2.45, 2.75) is 25.9 Å². The predicted octanol–water partition coefficient (Wildman–Crippen LogP) is 0.840. The normalized spacial score (nSPS) is 20.5. The topological polar surface area (TPSA) is 48.7 Å². The third kappa shape index (κ3) is 3.81. The number of amides is 1. The molecule has 0 spiro atoms. The van der Waals surface area contributed by atoms with Gasteiger partial charge in [0.2, 0.25) is 5.91 Å². The number of hydrogen-bond acceptors (Lipinski definition) is 4. The molecule has 19 heavy (non-hydrogen) atoms. The second-order valence-electron chi connectivity index (χ2n) is 5.30. The molecule has 0 aliphatic carbocycles. The molecule has 1 amide bonds. The average molecular weight is 265 g/mol. The van der Waals surface area contributed by atoms with E-state index in [0.717, 1.165) is 31.2 Å². The minimum atomic E-state index is 0.162. The maximum atomic E-state index is 12.2. The number of rotatable bonds is 4. The van der Waals surface area contributed by atoms with Crippen LogP contribution in [0.15, 0.2) is 16.5 Å². The van der Waals surface area contributed by atoms with Crippen molar-refractivity contribution in [2.75, 3.05) is 33.7 Å². The quantitative estimate of drug-likeness (QED) is 0.876. The van der Waals surface area contributed by atoms with Crippen LogP contribution < -0.4 is 5.32 Å². The Morgan fingerprint density at radius 2 is 2.37 bits per heavy atom. The molecule has 1 aromatic rings. The van der Waals surface area contributed by atoms with Gasteiger partial charge in [0.1, 0.15) is 11.5 Å². The van der Waals surface area contributed by atoms with Gasteiger partial charge in [0, 0.05) is 39.1 Å². The minimum Gasteiger partial charge on any atom is -0.464 e. The molecule has 1 aromatic heterocycles. The molecule has 1 unspecified atom stereocenters. The number of nitrogens with one attached hydrogen (secondary N) is 1. The van der Waals surface area contributed by atoms with Crippen molar-refractivity contribution in [3.8, 4) is 0 Å². The van der Waals surface area contributed by atoms with E-state index in [1.54, 1.807) is 4.90 Å². The Kier molecular flexibility index (Phi) is 4.61. The van der Waals surface area contributed by atoms with E-state index in [4.69, 9.17) is 4.42 Å². The molecule has 0 radical (unpaired) electrons. The molecule has 1 fully saturated rings. The molecule has 5 nitrogen and oxygen atoms in total. The summed E-state index contributed by atoms with van der Waals surface area (Å²) in [5.41, 5.74) is 0. The second-order valence-corrected chi connectivity index (χ2v) is 5.30. The van der Waals surface area contributed by atoms with E-state index in [1.807, 2.05) is 26.1 Å². The molecular formula is C14H23N3O2. The van der Waals surface area contributed by atoms with Gasteiger partial charge < -0.3 is 19.5 Å². The van der Waals surface area contributed by atoms with E-state index >= 15 is 0 Å². The molecule has 0 saturated carbocycles. The van der Waals surface area contributed by atoms with Gasteiger partial charge in [-0.2, -0.15) is 0 Å². The molecule has 106 valence electrons. The number of likely N-dealkylation sites (N-methyl/N-ethyl adjacent to an activating group) is 1. The fraction of sp³-hybridized carbons (Fsp3) is 0.643. The smallest absolute Gasteiger partial charge is 0.224 e. The molecule has 1 aliphatic heterocycles.